The molecule has 12 atom stereocenters. The van der Waals surface area contributed by atoms with Crippen LogP contribution in [0.5, 0.6) is 0 Å². The number of carbonyl (C=O) groups excluding carboxylic acids is 1. The number of hydrogen-bond donors (Lipinski definition) is 7. The summed E-state index contributed by atoms with van der Waals surface area (Å²) in [6.45, 7) is 4.56. The average Bonchev–Trinajstić information content (AvgIpc) is 3.47. The Morgan fingerprint density at radius 2 is 1.28 bits per heavy atom. The van der Waals surface area contributed by atoms with Gasteiger partial charge in [0.1, 0.15) is 54.7 Å². The molecule has 0 bridgehead atoms. The number of rotatable bonds is 21. The molecular weight excluding hydrogens is 608 g/mol. The number of aliphatic carboxylic acids is 1. The molecular formula is C32H54O14. The normalized spacial score (nSPS) is 35.4. The lowest BCUT2D eigenvalue weighted by atomic mass is 9.93. The lowest BCUT2D eigenvalue weighted by molar-refractivity contribution is -0.318. The minimum Gasteiger partial charge on any atom is -0.481 e. The van der Waals surface area contributed by atoms with Gasteiger partial charge in [0.05, 0.1) is 19.3 Å². The van der Waals surface area contributed by atoms with E-state index >= 15 is 0 Å². The van der Waals surface area contributed by atoms with E-state index in [-0.39, 0.29) is 18.3 Å². The van der Waals surface area contributed by atoms with Crippen LogP contribution < -0.4 is 0 Å². The first-order valence-corrected chi connectivity index (χ1v) is 16.7. The van der Waals surface area contributed by atoms with E-state index in [1.54, 1.807) is 0 Å². The summed E-state index contributed by atoms with van der Waals surface area (Å²) >= 11 is 0. The fraction of sp³-hybridized carbons (Fsp3) is 0.875. The summed E-state index contributed by atoms with van der Waals surface area (Å²) < 4.78 is 27.4. The SMILES string of the molecule is C=C1C(=O)O[C@@H](CCCCCCCCCCCCC[C@H](C)O[C@@H]2O[C@H](CO[C@H]3O[C@H](CO)[C@@H](O)[C@@H]3O)[C@@H](O)[C@H](O)[C@H]2O)[C@@H]1C(=O)O. The molecule has 3 aliphatic heterocycles. The van der Waals surface area contributed by atoms with Crippen LogP contribution >= 0.6 is 0 Å². The van der Waals surface area contributed by atoms with Crippen molar-refractivity contribution in [1.29, 1.82) is 0 Å². The molecule has 3 fully saturated rings. The zero-order valence-electron chi connectivity index (χ0n) is 26.7. The highest BCUT2D eigenvalue weighted by atomic mass is 16.7. The van der Waals surface area contributed by atoms with Crippen LogP contribution in [0.2, 0.25) is 0 Å². The summed E-state index contributed by atoms with van der Waals surface area (Å²) in [4.78, 5) is 23.0. The number of carboxylic acid groups (broad SMARTS) is 1. The second kappa shape index (κ2) is 19.3. The van der Waals surface area contributed by atoms with Crippen molar-refractivity contribution in [1.82, 2.24) is 0 Å². The van der Waals surface area contributed by atoms with E-state index in [1.807, 2.05) is 6.92 Å². The van der Waals surface area contributed by atoms with E-state index in [0.717, 1.165) is 77.0 Å². The molecule has 46 heavy (non-hydrogen) atoms. The molecule has 0 spiro atoms. The number of carboxylic acids is 1. The van der Waals surface area contributed by atoms with Crippen LogP contribution in [0.3, 0.4) is 0 Å². The molecule has 0 radical (unpaired) electrons. The van der Waals surface area contributed by atoms with Crippen molar-refractivity contribution in [3.8, 4) is 0 Å². The maximum absolute atomic E-state index is 11.6. The first kappa shape index (κ1) is 38.7. The fourth-order valence-corrected chi connectivity index (χ4v) is 6.19. The molecule has 14 heteroatoms. The molecule has 0 unspecified atom stereocenters. The van der Waals surface area contributed by atoms with E-state index in [9.17, 15) is 45.3 Å². The van der Waals surface area contributed by atoms with Crippen LogP contribution in [-0.2, 0) is 33.3 Å². The molecule has 3 saturated heterocycles. The van der Waals surface area contributed by atoms with Crippen LogP contribution in [0.25, 0.3) is 0 Å². The maximum atomic E-state index is 11.6. The second-order valence-corrected chi connectivity index (χ2v) is 12.8. The third-order valence-corrected chi connectivity index (χ3v) is 9.09. The number of cyclic esters (lactones) is 1. The largest absolute Gasteiger partial charge is 0.481 e. The van der Waals surface area contributed by atoms with Gasteiger partial charge < -0.3 is 59.4 Å². The summed E-state index contributed by atoms with van der Waals surface area (Å²) in [5, 5.41) is 69.5. The predicted octanol–water partition coefficient (Wildman–Crippen LogP) is 0.908. The summed E-state index contributed by atoms with van der Waals surface area (Å²) in [5.41, 5.74) is 0.0357. The van der Waals surface area contributed by atoms with Gasteiger partial charge in [-0.25, -0.2) is 4.79 Å². The van der Waals surface area contributed by atoms with Crippen molar-refractivity contribution in [3.63, 3.8) is 0 Å². The topological polar surface area (TPSA) is 222 Å². The minimum atomic E-state index is -1.55. The van der Waals surface area contributed by atoms with Crippen LogP contribution in [0.15, 0.2) is 12.2 Å². The number of ether oxygens (including phenoxy) is 5. The Labute approximate surface area is 270 Å². The Morgan fingerprint density at radius 3 is 1.85 bits per heavy atom. The fourth-order valence-electron chi connectivity index (χ4n) is 6.19. The van der Waals surface area contributed by atoms with Gasteiger partial charge in [-0.1, -0.05) is 70.8 Å². The van der Waals surface area contributed by atoms with Crippen molar-refractivity contribution in [2.75, 3.05) is 13.2 Å². The average molecular weight is 663 g/mol. The number of carbonyl (C=O) groups is 2. The highest BCUT2D eigenvalue weighted by molar-refractivity contribution is 5.97. The van der Waals surface area contributed by atoms with Crippen molar-refractivity contribution < 1.29 is 69.0 Å². The number of unbranched alkanes of at least 4 members (excludes halogenated alkanes) is 10. The molecule has 0 aromatic heterocycles. The number of aliphatic hydroxyl groups is 6. The molecule has 0 aliphatic carbocycles. The van der Waals surface area contributed by atoms with E-state index in [0.29, 0.717) is 6.42 Å². The molecule has 3 heterocycles. The number of esters is 1. The Kier molecular flexibility index (Phi) is 16.3. The Bertz CT molecular complexity index is 948. The minimum absolute atomic E-state index is 0.0357. The van der Waals surface area contributed by atoms with Gasteiger partial charge in [-0.15, -0.1) is 0 Å². The quantitative estimate of drug-likeness (QED) is 0.0516. The van der Waals surface area contributed by atoms with Crippen molar-refractivity contribution >= 4 is 11.9 Å². The van der Waals surface area contributed by atoms with Crippen molar-refractivity contribution in [2.45, 2.75) is 158 Å². The van der Waals surface area contributed by atoms with Gasteiger partial charge in [-0.3, -0.25) is 4.79 Å². The molecule has 3 rings (SSSR count). The molecule has 0 aromatic rings. The highest BCUT2D eigenvalue weighted by Gasteiger charge is 2.47. The highest BCUT2D eigenvalue weighted by Crippen LogP contribution is 2.31. The van der Waals surface area contributed by atoms with E-state index in [4.69, 9.17) is 23.7 Å². The van der Waals surface area contributed by atoms with Gasteiger partial charge in [-0.2, -0.15) is 0 Å². The lowest BCUT2D eigenvalue weighted by Gasteiger charge is -2.41. The van der Waals surface area contributed by atoms with Crippen LogP contribution in [0.1, 0.15) is 90.4 Å². The third-order valence-electron chi connectivity index (χ3n) is 9.09. The number of hydrogen-bond acceptors (Lipinski definition) is 13. The first-order valence-electron chi connectivity index (χ1n) is 16.7. The zero-order chi connectivity index (χ0) is 33.8. The molecule has 14 nitrogen and oxygen atoms in total. The van der Waals surface area contributed by atoms with E-state index in [1.165, 1.54) is 0 Å². The van der Waals surface area contributed by atoms with Gasteiger partial charge in [0.2, 0.25) is 0 Å². The van der Waals surface area contributed by atoms with Gasteiger partial charge in [0.15, 0.2) is 12.6 Å². The molecule has 0 aromatic carbocycles. The zero-order valence-corrected chi connectivity index (χ0v) is 26.7. The second-order valence-electron chi connectivity index (χ2n) is 12.8. The smallest absolute Gasteiger partial charge is 0.334 e. The van der Waals surface area contributed by atoms with Crippen LogP contribution in [-0.4, -0.2) is 128 Å². The van der Waals surface area contributed by atoms with Gasteiger partial charge in [0, 0.05) is 5.57 Å². The van der Waals surface area contributed by atoms with Crippen molar-refractivity contribution in [2.24, 2.45) is 5.92 Å². The summed E-state index contributed by atoms with van der Waals surface area (Å²) in [7, 11) is 0. The van der Waals surface area contributed by atoms with Gasteiger partial charge in [-0.05, 0) is 26.2 Å². The van der Waals surface area contributed by atoms with Gasteiger partial charge in [0.25, 0.3) is 0 Å². The molecule has 0 amide bonds. The summed E-state index contributed by atoms with van der Waals surface area (Å²) in [6.07, 6.45) is 0.164. The number of aliphatic hydroxyl groups excluding tert-OH is 6. The molecule has 0 saturated carbocycles. The lowest BCUT2D eigenvalue weighted by Crippen LogP contribution is -2.60. The van der Waals surface area contributed by atoms with Gasteiger partial charge >= 0.3 is 11.9 Å². The van der Waals surface area contributed by atoms with E-state index in [2.05, 4.69) is 6.58 Å². The predicted molar refractivity (Wildman–Crippen MR) is 161 cm³/mol. The molecule has 3 aliphatic rings. The van der Waals surface area contributed by atoms with Crippen molar-refractivity contribution in [3.05, 3.63) is 12.2 Å². The maximum Gasteiger partial charge on any atom is 0.334 e. The third kappa shape index (κ3) is 10.9. The molecule has 7 N–H and O–H groups in total. The summed E-state index contributed by atoms with van der Waals surface area (Å²) in [6, 6.07) is 0. The molecule has 266 valence electrons. The van der Waals surface area contributed by atoms with E-state index < -0.39 is 85.9 Å². The Balaban J connectivity index is 1.20. The standard InChI is InChI=1S/C32H54O14/c1-18(43-32-28(38)26(36)25(35)22(46-32)17-42-31-27(37)24(34)21(16-33)45-31)14-12-10-8-6-4-3-5-7-9-11-13-15-20-23(29(39)40)19(2)30(41)44-20/h18,20-28,31-38H,2-17H2,1H3,(H,39,40)/t18-,20-,21+,22+,23+,24+,25+,26-,27-,28+,31-,32+/m0/s1. The van der Waals surface area contributed by atoms with Crippen LogP contribution in [0.4, 0.5) is 0 Å². The Morgan fingerprint density at radius 1 is 0.761 bits per heavy atom. The summed E-state index contributed by atoms with van der Waals surface area (Å²) in [5.74, 6) is -2.59. The van der Waals surface area contributed by atoms with Crippen LogP contribution in [0, 0.1) is 5.92 Å². The Hall–Kier alpha value is -1.72. The first-order chi connectivity index (χ1) is 22.0. The monoisotopic (exact) mass is 662 g/mol.